The van der Waals surface area contributed by atoms with Crippen LogP contribution in [0.3, 0.4) is 0 Å². The zero-order valence-electron chi connectivity index (χ0n) is 22.5. The molecule has 4 amide bonds. The van der Waals surface area contributed by atoms with Gasteiger partial charge in [0.15, 0.2) is 0 Å². The number of hydrogen-bond acceptors (Lipinski definition) is 5. The third kappa shape index (κ3) is 7.39. The molecule has 1 aliphatic rings. The minimum atomic E-state index is -0.790. The van der Waals surface area contributed by atoms with Crippen LogP contribution in [0.2, 0.25) is 10.0 Å². The van der Waals surface area contributed by atoms with E-state index in [9.17, 15) is 23.6 Å². The standard InChI is InChI=1S/C32H21BrCl2FN3O4S/c33-19-10-8-18(9-11-19)14-27(38-30(41)23-6-1-2-7-26(23)36)31(42)37-20-4-3-5-22(15-20)44-28-17-29(40)39(32(28)43)21-12-13-24(34)25(35)16-21/h1-16,28H,17H2,(H,37,42)(H,38,41)/b27-14-/t28-/m1/s1. The summed E-state index contributed by atoms with van der Waals surface area (Å²) in [5, 5.41) is 5.10. The number of rotatable bonds is 8. The van der Waals surface area contributed by atoms with E-state index >= 15 is 0 Å². The third-order valence-corrected chi connectivity index (χ3v) is 8.88. The highest BCUT2D eigenvalue weighted by Gasteiger charge is 2.40. The Morgan fingerprint density at radius 3 is 2.41 bits per heavy atom. The fraction of sp³-hybridized carbons (Fsp3) is 0.0625. The van der Waals surface area contributed by atoms with E-state index in [1.165, 1.54) is 48.2 Å². The molecule has 44 heavy (non-hydrogen) atoms. The lowest BCUT2D eigenvalue weighted by Crippen LogP contribution is -2.31. The van der Waals surface area contributed by atoms with Crippen LogP contribution < -0.4 is 15.5 Å². The Balaban J connectivity index is 1.33. The lowest BCUT2D eigenvalue weighted by molar-refractivity contribution is -0.121. The maximum atomic E-state index is 14.3. The van der Waals surface area contributed by atoms with Gasteiger partial charge in [0.25, 0.3) is 11.8 Å². The van der Waals surface area contributed by atoms with Crippen LogP contribution in [0.25, 0.3) is 6.08 Å². The van der Waals surface area contributed by atoms with Gasteiger partial charge in [-0.1, -0.05) is 69.5 Å². The van der Waals surface area contributed by atoms with E-state index in [1.807, 2.05) is 0 Å². The van der Waals surface area contributed by atoms with Crippen molar-refractivity contribution in [3.05, 3.63) is 128 Å². The van der Waals surface area contributed by atoms with Crippen molar-refractivity contribution >= 4 is 92.0 Å². The molecule has 0 saturated carbocycles. The van der Waals surface area contributed by atoms with Crippen LogP contribution in [0.4, 0.5) is 15.8 Å². The number of nitrogens with one attached hydrogen (secondary N) is 2. The summed E-state index contributed by atoms with van der Waals surface area (Å²) in [7, 11) is 0. The van der Waals surface area contributed by atoms with Crippen molar-refractivity contribution in [3.63, 3.8) is 0 Å². The molecule has 0 bridgehead atoms. The number of thioether (sulfide) groups is 1. The third-order valence-electron chi connectivity index (χ3n) is 6.43. The van der Waals surface area contributed by atoms with Gasteiger partial charge in [0, 0.05) is 21.5 Å². The molecule has 222 valence electrons. The van der Waals surface area contributed by atoms with Gasteiger partial charge >= 0.3 is 0 Å². The molecule has 2 N–H and O–H groups in total. The van der Waals surface area contributed by atoms with Crippen LogP contribution in [0.1, 0.15) is 22.3 Å². The van der Waals surface area contributed by atoms with Gasteiger partial charge in [-0.2, -0.15) is 0 Å². The van der Waals surface area contributed by atoms with Gasteiger partial charge in [-0.3, -0.25) is 19.2 Å². The first-order valence-electron chi connectivity index (χ1n) is 13.0. The van der Waals surface area contributed by atoms with Gasteiger partial charge in [0.1, 0.15) is 11.5 Å². The summed E-state index contributed by atoms with van der Waals surface area (Å²) in [6.45, 7) is 0. The molecule has 1 saturated heterocycles. The Bertz CT molecular complexity index is 1820. The van der Waals surface area contributed by atoms with Gasteiger partial charge in [-0.05, 0) is 72.3 Å². The fourth-order valence-corrected chi connectivity index (χ4v) is 5.99. The minimum absolute atomic E-state index is 0.0253. The van der Waals surface area contributed by atoms with Crippen molar-refractivity contribution in [2.24, 2.45) is 0 Å². The van der Waals surface area contributed by atoms with E-state index in [4.69, 9.17) is 23.2 Å². The molecule has 7 nitrogen and oxygen atoms in total. The topological polar surface area (TPSA) is 95.6 Å². The first-order valence-corrected chi connectivity index (χ1v) is 15.4. The first kappa shape index (κ1) is 31.5. The quantitative estimate of drug-likeness (QED) is 0.144. The Labute approximate surface area is 274 Å². The molecule has 12 heteroatoms. The van der Waals surface area contributed by atoms with Gasteiger partial charge in [0.2, 0.25) is 11.8 Å². The van der Waals surface area contributed by atoms with Crippen LogP contribution in [0.15, 0.2) is 106 Å². The number of anilines is 2. The molecular formula is C32H21BrCl2FN3O4S. The summed E-state index contributed by atoms with van der Waals surface area (Å²) >= 11 is 16.6. The largest absolute Gasteiger partial charge is 0.321 e. The summed E-state index contributed by atoms with van der Waals surface area (Å²) in [4.78, 5) is 53.9. The average molecular weight is 713 g/mol. The first-order chi connectivity index (χ1) is 21.1. The molecule has 5 rings (SSSR count). The smallest absolute Gasteiger partial charge is 0.272 e. The van der Waals surface area contributed by atoms with Gasteiger partial charge in [-0.15, -0.1) is 11.8 Å². The van der Waals surface area contributed by atoms with Gasteiger partial charge in [0.05, 0.1) is 26.5 Å². The molecule has 1 heterocycles. The average Bonchev–Trinajstić information content (AvgIpc) is 3.27. The van der Waals surface area contributed by atoms with E-state index in [0.717, 1.165) is 15.4 Å². The molecule has 0 aliphatic carbocycles. The number of carbonyl (C=O) groups is 4. The van der Waals surface area contributed by atoms with Crippen LogP contribution in [0.5, 0.6) is 0 Å². The van der Waals surface area contributed by atoms with Crippen molar-refractivity contribution in [3.8, 4) is 0 Å². The van der Waals surface area contributed by atoms with Crippen LogP contribution >= 0.6 is 50.9 Å². The number of imide groups is 1. The normalized spacial score (nSPS) is 15.0. The van der Waals surface area contributed by atoms with Gasteiger partial charge in [-0.25, -0.2) is 9.29 Å². The highest BCUT2D eigenvalue weighted by atomic mass is 79.9. The lowest BCUT2D eigenvalue weighted by atomic mass is 10.1. The zero-order valence-corrected chi connectivity index (χ0v) is 26.4. The number of benzene rings is 4. The van der Waals surface area contributed by atoms with Crippen LogP contribution in [-0.4, -0.2) is 28.9 Å². The molecule has 4 aromatic carbocycles. The molecule has 0 radical (unpaired) electrons. The van der Waals surface area contributed by atoms with Crippen molar-refractivity contribution in [1.29, 1.82) is 0 Å². The van der Waals surface area contributed by atoms with Gasteiger partial charge < -0.3 is 10.6 Å². The summed E-state index contributed by atoms with van der Waals surface area (Å²) in [6.07, 6.45) is 1.45. The number of halogens is 4. The number of amides is 4. The Morgan fingerprint density at radius 2 is 1.68 bits per heavy atom. The molecule has 1 atom stereocenters. The minimum Gasteiger partial charge on any atom is -0.321 e. The number of carbonyl (C=O) groups excluding carboxylic acids is 4. The van der Waals surface area contributed by atoms with E-state index in [2.05, 4.69) is 26.6 Å². The monoisotopic (exact) mass is 711 g/mol. The van der Waals surface area contributed by atoms with E-state index < -0.39 is 28.8 Å². The fourth-order valence-electron chi connectivity index (χ4n) is 4.32. The molecule has 4 aromatic rings. The second-order valence-corrected chi connectivity index (χ2v) is 12.5. The Kier molecular flexibility index (Phi) is 9.85. The summed E-state index contributed by atoms with van der Waals surface area (Å²) in [5.41, 5.74) is 0.993. The number of hydrogen-bond donors (Lipinski definition) is 2. The Morgan fingerprint density at radius 1 is 0.932 bits per heavy atom. The number of nitrogens with zero attached hydrogens (tertiary/aromatic N) is 1. The van der Waals surface area contributed by atoms with Crippen LogP contribution in [0, 0.1) is 5.82 Å². The SMILES string of the molecule is O=C(Nc1cccc(S[C@@H]2CC(=O)N(c3ccc(Cl)c(Cl)c3)C2=O)c1)/C(=C/c1ccc(Br)cc1)NC(=O)c1ccccc1F. The Hall–Kier alpha value is -3.96. The second-order valence-electron chi connectivity index (χ2n) is 9.50. The second kappa shape index (κ2) is 13.8. The summed E-state index contributed by atoms with van der Waals surface area (Å²) in [6, 6.07) is 23.8. The molecule has 0 spiro atoms. The zero-order chi connectivity index (χ0) is 31.4. The highest BCUT2D eigenvalue weighted by Crippen LogP contribution is 2.36. The predicted octanol–water partition coefficient (Wildman–Crippen LogP) is 7.73. The van der Waals surface area contributed by atoms with Crippen LogP contribution in [-0.2, 0) is 14.4 Å². The van der Waals surface area contributed by atoms with E-state index in [1.54, 1.807) is 54.6 Å². The molecule has 0 aromatic heterocycles. The van der Waals surface area contributed by atoms with Crippen molar-refractivity contribution in [1.82, 2.24) is 5.32 Å². The molecular weight excluding hydrogens is 692 g/mol. The highest BCUT2D eigenvalue weighted by molar-refractivity contribution is 9.10. The van der Waals surface area contributed by atoms with Crippen molar-refractivity contribution in [2.75, 3.05) is 10.2 Å². The lowest BCUT2D eigenvalue weighted by Gasteiger charge is -2.16. The molecule has 1 fully saturated rings. The van der Waals surface area contributed by atoms with E-state index in [-0.39, 0.29) is 28.6 Å². The van der Waals surface area contributed by atoms with Crippen molar-refractivity contribution < 1.29 is 23.6 Å². The summed E-state index contributed by atoms with van der Waals surface area (Å²) in [5.74, 6) is -2.94. The van der Waals surface area contributed by atoms with E-state index in [0.29, 0.717) is 26.9 Å². The van der Waals surface area contributed by atoms with Crippen molar-refractivity contribution in [2.45, 2.75) is 16.6 Å². The summed E-state index contributed by atoms with van der Waals surface area (Å²) < 4.78 is 15.1. The molecule has 0 unspecified atom stereocenters. The maximum Gasteiger partial charge on any atom is 0.272 e. The predicted molar refractivity (Wildman–Crippen MR) is 174 cm³/mol. The molecule has 1 aliphatic heterocycles. The maximum absolute atomic E-state index is 14.3.